The number of aliphatic hydroxyl groups is 1. The molecule has 0 saturated carbocycles. The quantitative estimate of drug-likeness (QED) is 0.895. The van der Waals surface area contributed by atoms with Gasteiger partial charge < -0.3 is 10.4 Å². The van der Waals surface area contributed by atoms with Crippen molar-refractivity contribution >= 4 is 24.0 Å². The van der Waals surface area contributed by atoms with E-state index >= 15 is 0 Å². The Balaban J connectivity index is 0.00000180. The molecule has 1 saturated heterocycles. The number of hydrogen-bond acceptors (Lipinski definition) is 3. The highest BCUT2D eigenvalue weighted by Crippen LogP contribution is 2.31. The average Bonchev–Trinajstić information content (AvgIpc) is 2.41. The fourth-order valence-corrected chi connectivity index (χ4v) is 2.68. The van der Waals surface area contributed by atoms with Crippen molar-refractivity contribution in [3.63, 3.8) is 0 Å². The summed E-state index contributed by atoms with van der Waals surface area (Å²) in [4.78, 5) is 2.24. The zero-order valence-electron chi connectivity index (χ0n) is 10.6. The summed E-state index contributed by atoms with van der Waals surface area (Å²) in [5, 5.41) is 12.7. The van der Waals surface area contributed by atoms with Crippen molar-refractivity contribution in [1.29, 1.82) is 0 Å². The van der Waals surface area contributed by atoms with E-state index in [4.69, 9.17) is 11.6 Å². The van der Waals surface area contributed by atoms with Crippen molar-refractivity contribution in [3.05, 3.63) is 34.6 Å². The molecule has 3 nitrogen and oxygen atoms in total. The van der Waals surface area contributed by atoms with Crippen LogP contribution in [0.2, 0.25) is 5.02 Å². The van der Waals surface area contributed by atoms with Gasteiger partial charge in [0.2, 0.25) is 0 Å². The fraction of sp³-hybridized carbons (Fsp3) is 0.538. The van der Waals surface area contributed by atoms with Gasteiger partial charge in [0.1, 0.15) is 5.82 Å². The number of rotatable bonds is 4. The van der Waals surface area contributed by atoms with Gasteiger partial charge in [-0.3, -0.25) is 4.90 Å². The van der Waals surface area contributed by atoms with Crippen molar-refractivity contribution < 1.29 is 9.50 Å². The lowest BCUT2D eigenvalue weighted by Crippen LogP contribution is -2.45. The fourth-order valence-electron chi connectivity index (χ4n) is 2.43. The molecule has 0 aliphatic carbocycles. The Hall–Kier alpha value is -0.390. The Morgan fingerprint density at radius 2 is 2.05 bits per heavy atom. The van der Waals surface area contributed by atoms with E-state index in [1.165, 1.54) is 6.07 Å². The van der Waals surface area contributed by atoms with Gasteiger partial charge in [0.15, 0.2) is 0 Å². The van der Waals surface area contributed by atoms with Crippen LogP contribution in [-0.2, 0) is 0 Å². The van der Waals surface area contributed by atoms with Gasteiger partial charge in [0.05, 0.1) is 5.02 Å². The molecule has 0 bridgehead atoms. The largest absolute Gasteiger partial charge is 0.396 e. The predicted molar refractivity (Wildman–Crippen MR) is 77.5 cm³/mol. The second kappa shape index (κ2) is 8.02. The average molecular weight is 309 g/mol. The number of hydrogen-bond donors (Lipinski definition) is 2. The molecule has 0 spiro atoms. The molecule has 2 N–H and O–H groups in total. The second-order valence-corrected chi connectivity index (χ2v) is 4.84. The maximum atomic E-state index is 13.5. The third-order valence-electron chi connectivity index (χ3n) is 3.34. The van der Waals surface area contributed by atoms with E-state index in [-0.39, 0.29) is 30.1 Å². The highest BCUT2D eigenvalue weighted by atomic mass is 35.5. The van der Waals surface area contributed by atoms with Crippen molar-refractivity contribution in [1.82, 2.24) is 10.2 Å². The number of aliphatic hydroxyl groups excluding tert-OH is 1. The maximum absolute atomic E-state index is 13.5. The predicted octanol–water partition coefficient (Wildman–Crippen LogP) is 2.23. The van der Waals surface area contributed by atoms with Crippen LogP contribution in [0, 0.1) is 5.82 Å². The monoisotopic (exact) mass is 308 g/mol. The molecule has 1 aromatic carbocycles. The first kappa shape index (κ1) is 16.7. The Morgan fingerprint density at radius 3 is 2.68 bits per heavy atom. The van der Waals surface area contributed by atoms with Crippen LogP contribution >= 0.6 is 24.0 Å². The van der Waals surface area contributed by atoms with Crippen LogP contribution in [0.15, 0.2) is 18.2 Å². The molecule has 1 heterocycles. The minimum atomic E-state index is -0.396. The van der Waals surface area contributed by atoms with Crippen molar-refractivity contribution in [3.8, 4) is 0 Å². The van der Waals surface area contributed by atoms with Crippen LogP contribution in [0.3, 0.4) is 0 Å². The zero-order chi connectivity index (χ0) is 13.0. The summed E-state index contributed by atoms with van der Waals surface area (Å²) in [5.74, 6) is -0.396. The van der Waals surface area contributed by atoms with Crippen LogP contribution in [0.5, 0.6) is 0 Å². The Kier molecular flexibility index (Phi) is 7.04. The summed E-state index contributed by atoms with van der Waals surface area (Å²) < 4.78 is 13.5. The highest BCUT2D eigenvalue weighted by molar-refractivity contribution is 6.31. The van der Waals surface area contributed by atoms with Gasteiger partial charge in [-0.1, -0.05) is 23.7 Å². The van der Waals surface area contributed by atoms with Gasteiger partial charge in [0, 0.05) is 38.8 Å². The molecular weight excluding hydrogens is 290 g/mol. The third-order valence-corrected chi connectivity index (χ3v) is 3.73. The molecule has 0 aromatic heterocycles. The molecule has 0 unspecified atom stereocenters. The van der Waals surface area contributed by atoms with Gasteiger partial charge in [0.25, 0.3) is 0 Å². The molecule has 19 heavy (non-hydrogen) atoms. The Labute approximate surface area is 124 Å². The third kappa shape index (κ3) is 4.04. The standard InChI is InChI=1S/C13H18ClFN2O.ClH/c14-13-10(2-1-3-11(13)15)12(4-9-18)17-7-5-16-6-8-17;/h1-3,12,16,18H,4-9H2;1H/t12-;/m1./s1. The summed E-state index contributed by atoms with van der Waals surface area (Å²) in [6.07, 6.45) is 0.573. The molecule has 1 aliphatic heterocycles. The van der Waals surface area contributed by atoms with Crippen molar-refractivity contribution in [2.45, 2.75) is 12.5 Å². The summed E-state index contributed by atoms with van der Waals surface area (Å²) in [6, 6.07) is 4.86. The lowest BCUT2D eigenvalue weighted by Gasteiger charge is -2.35. The number of halogens is 3. The lowest BCUT2D eigenvalue weighted by molar-refractivity contribution is 0.141. The molecule has 1 atom stereocenters. The Morgan fingerprint density at radius 1 is 1.37 bits per heavy atom. The molecular formula is C13H19Cl2FN2O. The van der Waals surface area contributed by atoms with Crippen molar-refractivity contribution in [2.24, 2.45) is 0 Å². The van der Waals surface area contributed by atoms with E-state index in [2.05, 4.69) is 10.2 Å². The van der Waals surface area contributed by atoms with Gasteiger partial charge >= 0.3 is 0 Å². The smallest absolute Gasteiger partial charge is 0.142 e. The first-order valence-electron chi connectivity index (χ1n) is 6.23. The van der Waals surface area contributed by atoms with E-state index in [1.54, 1.807) is 6.07 Å². The molecule has 108 valence electrons. The van der Waals surface area contributed by atoms with Crippen LogP contribution in [0.25, 0.3) is 0 Å². The van der Waals surface area contributed by atoms with Gasteiger partial charge in [-0.25, -0.2) is 4.39 Å². The van der Waals surface area contributed by atoms with E-state index in [1.807, 2.05) is 6.07 Å². The Bertz CT molecular complexity index is 400. The minimum absolute atomic E-state index is 0. The van der Waals surface area contributed by atoms with Crippen LogP contribution in [-0.4, -0.2) is 42.8 Å². The lowest BCUT2D eigenvalue weighted by atomic mass is 10.0. The van der Waals surface area contributed by atoms with E-state index < -0.39 is 5.82 Å². The number of nitrogens with zero attached hydrogens (tertiary/aromatic N) is 1. The summed E-state index contributed by atoms with van der Waals surface area (Å²) in [7, 11) is 0. The molecule has 6 heteroatoms. The van der Waals surface area contributed by atoms with Gasteiger partial charge in [-0.2, -0.15) is 0 Å². The minimum Gasteiger partial charge on any atom is -0.396 e. The van der Waals surface area contributed by atoms with E-state index in [9.17, 15) is 9.50 Å². The van der Waals surface area contributed by atoms with Gasteiger partial charge in [-0.15, -0.1) is 12.4 Å². The molecule has 0 radical (unpaired) electrons. The number of piperazine rings is 1. The zero-order valence-corrected chi connectivity index (χ0v) is 12.2. The second-order valence-electron chi connectivity index (χ2n) is 4.46. The summed E-state index contributed by atoms with van der Waals surface area (Å²) in [5.41, 5.74) is 0.771. The first-order valence-corrected chi connectivity index (χ1v) is 6.61. The molecule has 1 aromatic rings. The molecule has 1 fully saturated rings. The SMILES string of the molecule is Cl.OCC[C@H](c1cccc(F)c1Cl)N1CCNCC1. The van der Waals surface area contributed by atoms with E-state index in [0.29, 0.717) is 6.42 Å². The van der Waals surface area contributed by atoms with E-state index in [0.717, 1.165) is 31.7 Å². The summed E-state index contributed by atoms with van der Waals surface area (Å²) in [6.45, 7) is 3.67. The van der Waals surface area contributed by atoms with Crippen molar-refractivity contribution in [2.75, 3.05) is 32.8 Å². The van der Waals surface area contributed by atoms with Gasteiger partial charge in [-0.05, 0) is 18.1 Å². The number of benzene rings is 1. The summed E-state index contributed by atoms with van der Waals surface area (Å²) >= 11 is 6.04. The molecule has 0 amide bonds. The van der Waals surface area contributed by atoms with Crippen LogP contribution in [0.4, 0.5) is 4.39 Å². The maximum Gasteiger partial charge on any atom is 0.142 e. The number of nitrogens with one attached hydrogen (secondary N) is 1. The topological polar surface area (TPSA) is 35.5 Å². The van der Waals surface area contributed by atoms with Crippen LogP contribution < -0.4 is 5.32 Å². The normalized spacial score (nSPS) is 17.8. The first-order chi connectivity index (χ1) is 8.74. The highest BCUT2D eigenvalue weighted by Gasteiger charge is 2.24. The molecule has 1 aliphatic rings. The molecule has 2 rings (SSSR count). The van der Waals surface area contributed by atoms with Crippen LogP contribution in [0.1, 0.15) is 18.0 Å².